The van der Waals surface area contributed by atoms with Crippen LogP contribution in [0, 0.1) is 17.3 Å². The SMILES string of the molecule is Cn1c(NC(=O)[C@@H]2CC(C34CC(C3)C4)CN2)nc2c1CCCC2. The van der Waals surface area contributed by atoms with Gasteiger partial charge in [-0.1, -0.05) is 0 Å². The summed E-state index contributed by atoms with van der Waals surface area (Å²) in [4.78, 5) is 17.3. The first kappa shape index (κ1) is 14.0. The summed E-state index contributed by atoms with van der Waals surface area (Å²) in [5.74, 6) is 2.56. The maximum Gasteiger partial charge on any atom is 0.243 e. The summed E-state index contributed by atoms with van der Waals surface area (Å²) in [6.45, 7) is 1.02. The zero-order valence-electron chi connectivity index (χ0n) is 13.9. The van der Waals surface area contributed by atoms with Crippen LogP contribution in [0.15, 0.2) is 0 Å². The summed E-state index contributed by atoms with van der Waals surface area (Å²) in [7, 11) is 2.03. The molecule has 6 rings (SSSR count). The number of anilines is 1. The van der Waals surface area contributed by atoms with Crippen LogP contribution in [-0.2, 0) is 24.7 Å². The van der Waals surface area contributed by atoms with E-state index in [9.17, 15) is 4.79 Å². The van der Waals surface area contributed by atoms with Gasteiger partial charge in [0.25, 0.3) is 0 Å². The van der Waals surface area contributed by atoms with E-state index in [1.165, 1.54) is 43.5 Å². The number of hydrogen-bond acceptors (Lipinski definition) is 3. The lowest BCUT2D eigenvalue weighted by molar-refractivity contribution is -0.146. The Labute approximate surface area is 137 Å². The van der Waals surface area contributed by atoms with Crippen LogP contribution in [0.25, 0.3) is 0 Å². The second kappa shape index (κ2) is 4.82. The van der Waals surface area contributed by atoms with Gasteiger partial charge in [-0.3, -0.25) is 10.1 Å². The predicted octanol–water partition coefficient (Wildman–Crippen LogP) is 2.02. The van der Waals surface area contributed by atoms with Gasteiger partial charge < -0.3 is 9.88 Å². The Morgan fingerprint density at radius 1 is 1.30 bits per heavy atom. The maximum absolute atomic E-state index is 12.6. The number of carbonyl (C=O) groups excluding carboxylic acids is 1. The fraction of sp³-hybridized carbons (Fsp3) is 0.778. The van der Waals surface area contributed by atoms with Gasteiger partial charge in [0.15, 0.2) is 0 Å². The third-order valence-corrected chi connectivity index (χ3v) is 7.01. The highest BCUT2D eigenvalue weighted by atomic mass is 16.2. The van der Waals surface area contributed by atoms with Gasteiger partial charge in [-0.25, -0.2) is 4.98 Å². The second-order valence-electron chi connectivity index (χ2n) is 8.32. The molecule has 1 aromatic heterocycles. The topological polar surface area (TPSA) is 59.0 Å². The van der Waals surface area contributed by atoms with Crippen LogP contribution in [0.2, 0.25) is 0 Å². The van der Waals surface area contributed by atoms with Crippen molar-refractivity contribution in [1.29, 1.82) is 0 Å². The largest absolute Gasteiger partial charge is 0.317 e. The van der Waals surface area contributed by atoms with Crippen LogP contribution in [0.4, 0.5) is 5.95 Å². The predicted molar refractivity (Wildman–Crippen MR) is 88.2 cm³/mol. The average Bonchev–Trinajstić information content (AvgIpc) is 3.03. The van der Waals surface area contributed by atoms with E-state index < -0.39 is 0 Å². The molecule has 5 heteroatoms. The Balaban J connectivity index is 1.26. The number of aromatic nitrogens is 2. The van der Waals surface area contributed by atoms with Crippen molar-refractivity contribution in [2.45, 2.75) is 57.4 Å². The Hall–Kier alpha value is -1.36. The minimum Gasteiger partial charge on any atom is -0.317 e. The highest BCUT2D eigenvalue weighted by Crippen LogP contribution is 2.69. The molecule has 1 aromatic rings. The van der Waals surface area contributed by atoms with Gasteiger partial charge in [-0.2, -0.15) is 0 Å². The van der Waals surface area contributed by atoms with Crippen LogP contribution < -0.4 is 10.6 Å². The summed E-state index contributed by atoms with van der Waals surface area (Å²) < 4.78 is 2.08. The van der Waals surface area contributed by atoms with Crippen molar-refractivity contribution in [1.82, 2.24) is 14.9 Å². The minimum atomic E-state index is -0.0391. The number of rotatable bonds is 3. The molecule has 4 aliphatic carbocycles. The van der Waals surface area contributed by atoms with Gasteiger partial charge in [0.05, 0.1) is 11.7 Å². The Morgan fingerprint density at radius 3 is 2.78 bits per heavy atom. The number of amides is 1. The van der Waals surface area contributed by atoms with E-state index in [0.717, 1.165) is 37.7 Å². The van der Waals surface area contributed by atoms with Crippen molar-refractivity contribution < 1.29 is 4.79 Å². The molecule has 1 amide bonds. The molecule has 5 aliphatic rings. The fourth-order valence-electron chi connectivity index (χ4n) is 5.44. The number of imidazole rings is 1. The number of nitrogens with one attached hydrogen (secondary N) is 2. The van der Waals surface area contributed by atoms with Crippen molar-refractivity contribution in [3.8, 4) is 0 Å². The van der Waals surface area contributed by atoms with Crippen LogP contribution in [0.5, 0.6) is 0 Å². The monoisotopic (exact) mass is 314 g/mol. The summed E-state index contributed by atoms with van der Waals surface area (Å²) in [6, 6.07) is -0.0391. The zero-order chi connectivity index (χ0) is 15.6. The Kier molecular flexibility index (Phi) is 2.94. The highest BCUT2D eigenvalue weighted by Gasteiger charge is 2.61. The molecule has 3 saturated carbocycles. The first-order valence-electron chi connectivity index (χ1n) is 9.23. The van der Waals surface area contributed by atoms with Gasteiger partial charge >= 0.3 is 0 Å². The summed E-state index contributed by atoms with van der Waals surface area (Å²) in [5.41, 5.74) is 3.09. The number of aryl methyl sites for hydroxylation is 1. The standard InChI is InChI=1S/C18H26N4O/c1-22-15-5-3-2-4-13(15)20-17(22)21-16(23)14-6-12(10-19-14)18-7-11(8-18)9-18/h11-12,14,19H,2-10H2,1H3,(H,20,21,23)/t11?,12?,14-,18?/m0/s1. The molecule has 1 aliphatic heterocycles. The quantitative estimate of drug-likeness (QED) is 0.897. The lowest BCUT2D eigenvalue weighted by Gasteiger charge is -2.65. The molecule has 2 atom stereocenters. The van der Waals surface area contributed by atoms with Crippen molar-refractivity contribution in [2.24, 2.45) is 24.3 Å². The summed E-state index contributed by atoms with van der Waals surface area (Å²) in [5, 5.41) is 6.54. The van der Waals surface area contributed by atoms with Crippen LogP contribution in [0.1, 0.15) is 49.9 Å². The highest BCUT2D eigenvalue weighted by molar-refractivity contribution is 5.93. The van der Waals surface area contributed by atoms with Crippen molar-refractivity contribution >= 4 is 11.9 Å². The molecule has 1 saturated heterocycles. The first-order chi connectivity index (χ1) is 11.1. The molecule has 5 nitrogen and oxygen atoms in total. The third-order valence-electron chi connectivity index (χ3n) is 7.01. The van der Waals surface area contributed by atoms with Gasteiger partial charge in [-0.05, 0) is 75.2 Å². The smallest absolute Gasteiger partial charge is 0.243 e. The maximum atomic E-state index is 12.6. The van der Waals surface area contributed by atoms with Gasteiger partial charge in [-0.15, -0.1) is 0 Å². The average molecular weight is 314 g/mol. The molecule has 2 bridgehead atoms. The third kappa shape index (κ3) is 2.02. The van der Waals surface area contributed by atoms with E-state index in [-0.39, 0.29) is 11.9 Å². The molecule has 0 spiro atoms. The molecule has 1 unspecified atom stereocenters. The van der Waals surface area contributed by atoms with Crippen LogP contribution in [0.3, 0.4) is 0 Å². The second-order valence-corrected chi connectivity index (χ2v) is 8.32. The Morgan fingerprint density at radius 2 is 2.09 bits per heavy atom. The normalized spacial score (nSPS) is 37.7. The van der Waals surface area contributed by atoms with Gasteiger partial charge in [0, 0.05) is 12.7 Å². The van der Waals surface area contributed by atoms with Crippen molar-refractivity contribution in [2.75, 3.05) is 11.9 Å². The van der Waals surface area contributed by atoms with Crippen molar-refractivity contribution in [3.63, 3.8) is 0 Å². The molecule has 0 radical (unpaired) electrons. The van der Waals surface area contributed by atoms with E-state index in [0.29, 0.717) is 11.3 Å². The zero-order valence-corrected chi connectivity index (χ0v) is 13.9. The van der Waals surface area contributed by atoms with E-state index >= 15 is 0 Å². The number of carbonyl (C=O) groups is 1. The molecular formula is C18H26N4O. The van der Waals surface area contributed by atoms with Crippen LogP contribution >= 0.6 is 0 Å². The number of fused-ring (bicyclic) bond motifs is 1. The van der Waals surface area contributed by atoms with E-state index in [1.54, 1.807) is 0 Å². The fourth-order valence-corrected chi connectivity index (χ4v) is 5.44. The Bertz CT molecular complexity index is 647. The molecule has 124 valence electrons. The van der Waals surface area contributed by atoms with Gasteiger partial charge in [0.1, 0.15) is 0 Å². The molecule has 4 fully saturated rings. The number of hydrogen-bond donors (Lipinski definition) is 2. The van der Waals surface area contributed by atoms with Gasteiger partial charge in [0.2, 0.25) is 11.9 Å². The minimum absolute atomic E-state index is 0.0391. The van der Waals surface area contributed by atoms with E-state index in [1.807, 2.05) is 7.05 Å². The lowest BCUT2D eigenvalue weighted by atomic mass is 9.40. The molecule has 0 aromatic carbocycles. The van der Waals surface area contributed by atoms with Crippen molar-refractivity contribution in [3.05, 3.63) is 11.4 Å². The molecular weight excluding hydrogens is 288 g/mol. The first-order valence-corrected chi connectivity index (χ1v) is 9.23. The van der Waals surface area contributed by atoms with Crippen LogP contribution in [-0.4, -0.2) is 28.0 Å². The molecule has 2 N–H and O–H groups in total. The molecule has 2 heterocycles. The number of nitrogens with zero attached hydrogens (tertiary/aromatic N) is 2. The van der Waals surface area contributed by atoms with E-state index in [2.05, 4.69) is 20.2 Å². The lowest BCUT2D eigenvalue weighted by Crippen LogP contribution is -2.56. The summed E-state index contributed by atoms with van der Waals surface area (Å²) in [6.07, 6.45) is 9.83. The van der Waals surface area contributed by atoms with E-state index in [4.69, 9.17) is 0 Å². The summed E-state index contributed by atoms with van der Waals surface area (Å²) >= 11 is 0. The molecule has 23 heavy (non-hydrogen) atoms.